The lowest BCUT2D eigenvalue weighted by molar-refractivity contribution is -0.167. The highest BCUT2D eigenvalue weighted by Crippen LogP contribution is 2.30. The second-order valence-corrected chi connectivity index (χ2v) is 6.01. The normalized spacial score (nSPS) is 20.6. The minimum Gasteiger partial charge on any atom is -0.467 e. The Morgan fingerprint density at radius 2 is 2.16 bits per heavy atom. The summed E-state index contributed by atoms with van der Waals surface area (Å²) in [6.07, 6.45) is 0.622. The van der Waals surface area contributed by atoms with Gasteiger partial charge in [0.15, 0.2) is 6.10 Å². The summed E-state index contributed by atoms with van der Waals surface area (Å²) in [7, 11) is 3.22. The zero-order valence-corrected chi connectivity index (χ0v) is 14.0. The maximum atomic E-state index is 13.6. The van der Waals surface area contributed by atoms with Crippen LogP contribution in [0.5, 0.6) is 0 Å². The molecule has 0 unspecified atom stereocenters. The molecule has 0 N–H and O–H groups in total. The van der Waals surface area contributed by atoms with Gasteiger partial charge in [0.25, 0.3) is 5.91 Å². The Kier molecular flexibility index (Phi) is 4.85. The summed E-state index contributed by atoms with van der Waals surface area (Å²) in [5.41, 5.74) is 0.514. The number of likely N-dealkylation sites (N-methyl/N-ethyl adjacent to an activating group) is 2. The van der Waals surface area contributed by atoms with E-state index in [4.69, 9.17) is 9.15 Å². The summed E-state index contributed by atoms with van der Waals surface area (Å²) in [6.45, 7) is 0.0898. The van der Waals surface area contributed by atoms with Gasteiger partial charge in [0.2, 0.25) is 5.91 Å². The predicted molar refractivity (Wildman–Crippen MR) is 86.8 cm³/mol. The first-order valence-electron chi connectivity index (χ1n) is 7.87. The SMILES string of the molecule is CN(Cc1ccco1)C(=O)[C@H]1OCC(=O)N(C)[C@H]1c1cccc(F)c1. The quantitative estimate of drug-likeness (QED) is 0.849. The van der Waals surface area contributed by atoms with E-state index in [1.807, 2.05) is 0 Å². The molecule has 2 atom stereocenters. The molecule has 0 bridgehead atoms. The largest absolute Gasteiger partial charge is 0.467 e. The van der Waals surface area contributed by atoms with Crippen LogP contribution in [0.25, 0.3) is 0 Å². The van der Waals surface area contributed by atoms with Crippen molar-refractivity contribution < 1.29 is 23.1 Å². The number of hydrogen-bond donors (Lipinski definition) is 0. The summed E-state index contributed by atoms with van der Waals surface area (Å²) in [5.74, 6) is -0.352. The number of halogens is 1. The molecule has 1 aliphatic heterocycles. The van der Waals surface area contributed by atoms with Gasteiger partial charge >= 0.3 is 0 Å². The van der Waals surface area contributed by atoms with Gasteiger partial charge in [-0.1, -0.05) is 12.1 Å². The highest BCUT2D eigenvalue weighted by atomic mass is 19.1. The first-order valence-corrected chi connectivity index (χ1v) is 7.87. The number of furan rings is 1. The van der Waals surface area contributed by atoms with Gasteiger partial charge in [0, 0.05) is 14.1 Å². The Morgan fingerprint density at radius 3 is 2.84 bits per heavy atom. The van der Waals surface area contributed by atoms with Gasteiger partial charge in [-0.3, -0.25) is 9.59 Å². The average Bonchev–Trinajstić information content (AvgIpc) is 3.09. The summed E-state index contributed by atoms with van der Waals surface area (Å²) >= 11 is 0. The number of rotatable bonds is 4. The van der Waals surface area contributed by atoms with Crippen molar-refractivity contribution in [2.45, 2.75) is 18.7 Å². The third-order valence-electron chi connectivity index (χ3n) is 4.27. The number of morpholine rings is 1. The molecule has 0 radical (unpaired) electrons. The number of hydrogen-bond acceptors (Lipinski definition) is 4. The number of nitrogens with zero attached hydrogens (tertiary/aromatic N) is 2. The Balaban J connectivity index is 1.86. The molecule has 0 aliphatic carbocycles. The molecule has 1 fully saturated rings. The van der Waals surface area contributed by atoms with Crippen LogP contribution in [0.15, 0.2) is 47.1 Å². The van der Waals surface area contributed by atoms with Crippen LogP contribution in [0.3, 0.4) is 0 Å². The molecule has 3 rings (SSSR count). The van der Waals surface area contributed by atoms with Crippen LogP contribution in [0.4, 0.5) is 4.39 Å². The van der Waals surface area contributed by atoms with E-state index in [0.29, 0.717) is 11.3 Å². The van der Waals surface area contributed by atoms with E-state index in [2.05, 4.69) is 0 Å². The molecular weight excluding hydrogens is 327 g/mol. The van der Waals surface area contributed by atoms with Crippen molar-refractivity contribution in [1.29, 1.82) is 0 Å². The molecule has 2 amide bonds. The molecule has 25 heavy (non-hydrogen) atoms. The summed E-state index contributed by atoms with van der Waals surface area (Å²) in [6, 6.07) is 8.68. The van der Waals surface area contributed by atoms with Gasteiger partial charge in [0.1, 0.15) is 18.2 Å². The van der Waals surface area contributed by atoms with Crippen molar-refractivity contribution in [2.24, 2.45) is 0 Å². The van der Waals surface area contributed by atoms with Crippen molar-refractivity contribution in [2.75, 3.05) is 20.7 Å². The smallest absolute Gasteiger partial charge is 0.254 e. The standard InChI is InChI=1S/C18H19FN2O4/c1-20(10-14-7-4-8-24-14)18(23)17-16(21(2)15(22)11-25-17)12-5-3-6-13(19)9-12/h3-9,16-17H,10-11H2,1-2H3/t16-,17-/m0/s1. The van der Waals surface area contributed by atoms with Gasteiger partial charge in [-0.2, -0.15) is 0 Å². The molecule has 2 heterocycles. The number of benzene rings is 1. The van der Waals surface area contributed by atoms with Crippen molar-refractivity contribution in [3.05, 3.63) is 59.8 Å². The van der Waals surface area contributed by atoms with E-state index >= 15 is 0 Å². The first kappa shape index (κ1) is 17.2. The minimum absolute atomic E-state index is 0.187. The third-order valence-corrected chi connectivity index (χ3v) is 4.27. The maximum absolute atomic E-state index is 13.6. The Bertz CT molecular complexity index is 762. The molecule has 7 heteroatoms. The topological polar surface area (TPSA) is 63.0 Å². The predicted octanol–water partition coefficient (Wildman–Crippen LogP) is 1.98. The van der Waals surface area contributed by atoms with Crippen molar-refractivity contribution in [3.8, 4) is 0 Å². The van der Waals surface area contributed by atoms with Crippen LogP contribution in [0, 0.1) is 5.82 Å². The number of carbonyl (C=O) groups excluding carboxylic acids is 2. The Labute approximate surface area is 144 Å². The molecule has 132 valence electrons. The fraction of sp³-hybridized carbons (Fsp3) is 0.333. The zero-order chi connectivity index (χ0) is 18.0. The summed E-state index contributed by atoms with van der Waals surface area (Å²) < 4.78 is 24.4. The molecule has 6 nitrogen and oxygen atoms in total. The Morgan fingerprint density at radius 1 is 1.36 bits per heavy atom. The summed E-state index contributed by atoms with van der Waals surface area (Å²) in [4.78, 5) is 27.8. The molecule has 1 saturated heterocycles. The molecule has 0 saturated carbocycles. The fourth-order valence-electron chi connectivity index (χ4n) is 2.94. The van der Waals surface area contributed by atoms with Crippen LogP contribution in [-0.4, -0.2) is 48.4 Å². The highest BCUT2D eigenvalue weighted by molar-refractivity contribution is 5.86. The van der Waals surface area contributed by atoms with Gasteiger partial charge in [-0.05, 0) is 29.8 Å². The van der Waals surface area contributed by atoms with E-state index in [9.17, 15) is 14.0 Å². The van der Waals surface area contributed by atoms with Crippen molar-refractivity contribution in [1.82, 2.24) is 9.80 Å². The van der Waals surface area contributed by atoms with Gasteiger partial charge in [-0.15, -0.1) is 0 Å². The molecule has 0 spiro atoms. The lowest BCUT2D eigenvalue weighted by Crippen LogP contribution is -2.53. The van der Waals surface area contributed by atoms with Crippen LogP contribution < -0.4 is 0 Å². The monoisotopic (exact) mass is 346 g/mol. The van der Waals surface area contributed by atoms with Crippen LogP contribution in [-0.2, 0) is 20.9 Å². The average molecular weight is 346 g/mol. The number of carbonyl (C=O) groups is 2. The minimum atomic E-state index is -0.913. The number of amides is 2. The van der Waals surface area contributed by atoms with Crippen LogP contribution >= 0.6 is 0 Å². The lowest BCUT2D eigenvalue weighted by Gasteiger charge is -2.39. The zero-order valence-electron chi connectivity index (χ0n) is 14.0. The fourth-order valence-corrected chi connectivity index (χ4v) is 2.94. The second-order valence-electron chi connectivity index (χ2n) is 6.01. The van der Waals surface area contributed by atoms with Crippen molar-refractivity contribution >= 4 is 11.8 Å². The number of ether oxygens (including phenoxy) is 1. The molecule has 1 aromatic heterocycles. The molecule has 1 aromatic carbocycles. The van der Waals surface area contributed by atoms with Gasteiger partial charge < -0.3 is 19.0 Å². The van der Waals surface area contributed by atoms with Crippen LogP contribution in [0.2, 0.25) is 0 Å². The first-order chi connectivity index (χ1) is 12.0. The second kappa shape index (κ2) is 7.06. The third kappa shape index (κ3) is 3.56. The van der Waals surface area contributed by atoms with E-state index in [1.165, 1.54) is 28.2 Å². The van der Waals surface area contributed by atoms with Gasteiger partial charge in [-0.25, -0.2) is 4.39 Å². The summed E-state index contributed by atoms with van der Waals surface area (Å²) in [5, 5.41) is 0. The van der Waals surface area contributed by atoms with Crippen LogP contribution in [0.1, 0.15) is 17.4 Å². The lowest BCUT2D eigenvalue weighted by atomic mass is 9.97. The van der Waals surface area contributed by atoms with Gasteiger partial charge in [0.05, 0.1) is 18.8 Å². The maximum Gasteiger partial charge on any atom is 0.254 e. The molecule has 1 aliphatic rings. The van der Waals surface area contributed by atoms with E-state index in [1.54, 1.807) is 38.4 Å². The van der Waals surface area contributed by atoms with E-state index < -0.39 is 18.0 Å². The molecule has 2 aromatic rings. The highest BCUT2D eigenvalue weighted by Gasteiger charge is 2.41. The van der Waals surface area contributed by atoms with E-state index in [0.717, 1.165) is 0 Å². The van der Waals surface area contributed by atoms with Crippen molar-refractivity contribution in [3.63, 3.8) is 0 Å². The molecular formula is C18H19FN2O4. The van der Waals surface area contributed by atoms with E-state index in [-0.39, 0.29) is 25.0 Å². The Hall–Kier alpha value is -2.67.